The van der Waals surface area contributed by atoms with E-state index in [0.29, 0.717) is 30.2 Å². The highest BCUT2D eigenvalue weighted by Crippen LogP contribution is 2.26. The SMILES string of the molecule is Cc1cc(C)n2nc(CC(=O)N3CCCC(n4cnc5cc(F)ccc54)C3)nc2n1. The second kappa shape index (κ2) is 7.16. The zero-order chi connectivity index (χ0) is 20.8. The minimum absolute atomic E-state index is 0.000413. The predicted molar refractivity (Wildman–Crippen MR) is 109 cm³/mol. The van der Waals surface area contributed by atoms with Crippen molar-refractivity contribution in [2.24, 2.45) is 0 Å². The first kappa shape index (κ1) is 18.7. The molecule has 4 heterocycles. The smallest absolute Gasteiger partial charge is 0.252 e. The molecule has 0 saturated carbocycles. The van der Waals surface area contributed by atoms with Crippen LogP contribution in [0, 0.1) is 19.7 Å². The molecule has 1 aromatic carbocycles. The van der Waals surface area contributed by atoms with Gasteiger partial charge in [0.05, 0.1) is 29.8 Å². The molecule has 1 fully saturated rings. The van der Waals surface area contributed by atoms with Crippen molar-refractivity contribution in [1.82, 2.24) is 34.0 Å². The molecular formula is C21H22FN7O. The maximum absolute atomic E-state index is 13.5. The fraction of sp³-hybridized carbons (Fsp3) is 0.381. The number of carbonyl (C=O) groups excluding carboxylic acids is 1. The molecule has 1 aliphatic rings. The summed E-state index contributed by atoms with van der Waals surface area (Å²) < 4.78 is 17.2. The topological polar surface area (TPSA) is 81.2 Å². The fourth-order valence-electron chi connectivity index (χ4n) is 4.23. The second-order valence-electron chi connectivity index (χ2n) is 7.88. The van der Waals surface area contributed by atoms with E-state index in [4.69, 9.17) is 0 Å². The molecule has 1 amide bonds. The number of aryl methyl sites for hydroxylation is 2. The number of halogens is 1. The van der Waals surface area contributed by atoms with Crippen molar-refractivity contribution in [3.05, 3.63) is 53.6 Å². The van der Waals surface area contributed by atoms with Gasteiger partial charge in [0.25, 0.3) is 5.78 Å². The van der Waals surface area contributed by atoms with Crippen molar-refractivity contribution in [1.29, 1.82) is 0 Å². The fourth-order valence-corrected chi connectivity index (χ4v) is 4.23. The maximum Gasteiger partial charge on any atom is 0.252 e. The van der Waals surface area contributed by atoms with E-state index >= 15 is 0 Å². The first-order chi connectivity index (χ1) is 14.5. The number of fused-ring (bicyclic) bond motifs is 2. The van der Waals surface area contributed by atoms with E-state index in [0.717, 1.165) is 29.7 Å². The van der Waals surface area contributed by atoms with E-state index in [-0.39, 0.29) is 24.2 Å². The van der Waals surface area contributed by atoms with Gasteiger partial charge in [-0.2, -0.15) is 4.98 Å². The van der Waals surface area contributed by atoms with Gasteiger partial charge < -0.3 is 9.47 Å². The number of hydrogen-bond acceptors (Lipinski definition) is 5. The second-order valence-corrected chi connectivity index (χ2v) is 7.88. The molecule has 9 heteroatoms. The van der Waals surface area contributed by atoms with E-state index in [1.165, 1.54) is 12.1 Å². The molecule has 1 aliphatic heterocycles. The van der Waals surface area contributed by atoms with Gasteiger partial charge in [-0.1, -0.05) is 0 Å². The molecule has 0 bridgehead atoms. The summed E-state index contributed by atoms with van der Waals surface area (Å²) in [6, 6.07) is 6.67. The number of nitrogens with zero attached hydrogens (tertiary/aromatic N) is 7. The summed E-state index contributed by atoms with van der Waals surface area (Å²) in [5, 5.41) is 4.45. The van der Waals surface area contributed by atoms with Gasteiger partial charge in [-0.3, -0.25) is 4.79 Å². The van der Waals surface area contributed by atoms with Gasteiger partial charge in [0.2, 0.25) is 5.91 Å². The van der Waals surface area contributed by atoms with Gasteiger partial charge in [0, 0.05) is 30.5 Å². The Balaban J connectivity index is 1.34. The van der Waals surface area contributed by atoms with Crippen molar-refractivity contribution in [3.8, 4) is 0 Å². The largest absolute Gasteiger partial charge is 0.340 e. The lowest BCUT2D eigenvalue weighted by Gasteiger charge is -2.33. The summed E-state index contributed by atoms with van der Waals surface area (Å²) in [4.78, 5) is 28.0. The third kappa shape index (κ3) is 3.30. The molecule has 0 spiro atoms. The summed E-state index contributed by atoms with van der Waals surface area (Å²) in [6.45, 7) is 5.15. The summed E-state index contributed by atoms with van der Waals surface area (Å²) in [7, 11) is 0. The van der Waals surface area contributed by atoms with E-state index in [1.807, 2.05) is 29.4 Å². The Morgan fingerprint density at radius 2 is 2.10 bits per heavy atom. The first-order valence-electron chi connectivity index (χ1n) is 10.1. The highest BCUT2D eigenvalue weighted by Gasteiger charge is 2.26. The average molecular weight is 407 g/mol. The molecule has 3 aromatic heterocycles. The molecule has 1 atom stereocenters. The van der Waals surface area contributed by atoms with Crippen molar-refractivity contribution in [2.45, 2.75) is 39.2 Å². The van der Waals surface area contributed by atoms with E-state index in [2.05, 4.69) is 20.1 Å². The number of piperidine rings is 1. The van der Waals surface area contributed by atoms with Crippen molar-refractivity contribution < 1.29 is 9.18 Å². The summed E-state index contributed by atoms with van der Waals surface area (Å²) >= 11 is 0. The van der Waals surface area contributed by atoms with E-state index in [1.54, 1.807) is 16.9 Å². The minimum atomic E-state index is -0.298. The van der Waals surface area contributed by atoms with E-state index < -0.39 is 0 Å². The van der Waals surface area contributed by atoms with Crippen molar-refractivity contribution in [3.63, 3.8) is 0 Å². The number of aromatic nitrogens is 6. The van der Waals surface area contributed by atoms with Crippen LogP contribution >= 0.6 is 0 Å². The Hall–Kier alpha value is -3.36. The lowest BCUT2D eigenvalue weighted by Crippen LogP contribution is -2.41. The standard InChI is InChI=1S/C21H22FN7O/c1-13-8-14(2)29-21(24-13)25-19(26-29)10-20(30)27-7-3-4-16(11-27)28-12-23-17-9-15(22)5-6-18(17)28/h5-6,8-9,12,16H,3-4,7,10-11H2,1-2H3. The van der Waals surface area contributed by atoms with Crippen LogP contribution in [0.3, 0.4) is 0 Å². The highest BCUT2D eigenvalue weighted by molar-refractivity contribution is 5.78. The molecule has 154 valence electrons. The molecule has 1 unspecified atom stereocenters. The van der Waals surface area contributed by atoms with Crippen LogP contribution in [0.15, 0.2) is 30.6 Å². The van der Waals surface area contributed by atoms with Crippen molar-refractivity contribution >= 4 is 22.7 Å². The van der Waals surface area contributed by atoms with Crippen LogP contribution < -0.4 is 0 Å². The molecule has 4 aromatic rings. The van der Waals surface area contributed by atoms with Gasteiger partial charge in [-0.05, 0) is 44.9 Å². The Morgan fingerprint density at radius 3 is 2.97 bits per heavy atom. The number of imidazole rings is 1. The van der Waals surface area contributed by atoms with Crippen LogP contribution in [0.5, 0.6) is 0 Å². The zero-order valence-corrected chi connectivity index (χ0v) is 16.9. The number of likely N-dealkylation sites (tertiary alicyclic amines) is 1. The van der Waals surface area contributed by atoms with Crippen LogP contribution in [0.2, 0.25) is 0 Å². The predicted octanol–water partition coefficient (Wildman–Crippen LogP) is 2.64. The van der Waals surface area contributed by atoms with Gasteiger partial charge >= 0.3 is 0 Å². The highest BCUT2D eigenvalue weighted by atomic mass is 19.1. The van der Waals surface area contributed by atoms with Gasteiger partial charge in [0.15, 0.2) is 5.82 Å². The van der Waals surface area contributed by atoms with Crippen LogP contribution in [-0.2, 0) is 11.2 Å². The summed E-state index contributed by atoms with van der Waals surface area (Å²) in [6.07, 6.45) is 3.73. The monoisotopic (exact) mass is 407 g/mol. The number of carbonyl (C=O) groups is 1. The third-order valence-electron chi connectivity index (χ3n) is 5.65. The quantitative estimate of drug-likeness (QED) is 0.522. The molecule has 1 saturated heterocycles. The Kier molecular flexibility index (Phi) is 4.45. The molecule has 0 radical (unpaired) electrons. The molecule has 0 N–H and O–H groups in total. The first-order valence-corrected chi connectivity index (χ1v) is 10.1. The Bertz CT molecular complexity index is 1260. The number of amides is 1. The van der Waals surface area contributed by atoms with Gasteiger partial charge in [-0.15, -0.1) is 5.10 Å². The summed E-state index contributed by atoms with van der Waals surface area (Å²) in [5.41, 5.74) is 3.32. The molecule has 5 rings (SSSR count). The van der Waals surface area contributed by atoms with Crippen LogP contribution in [0.25, 0.3) is 16.8 Å². The molecule has 0 aliphatic carbocycles. The average Bonchev–Trinajstić information content (AvgIpc) is 3.31. The minimum Gasteiger partial charge on any atom is -0.340 e. The van der Waals surface area contributed by atoms with Gasteiger partial charge in [0.1, 0.15) is 5.82 Å². The lowest BCUT2D eigenvalue weighted by atomic mass is 10.0. The zero-order valence-electron chi connectivity index (χ0n) is 16.9. The number of benzene rings is 1. The lowest BCUT2D eigenvalue weighted by molar-refractivity contribution is -0.132. The van der Waals surface area contributed by atoms with Crippen LogP contribution in [-0.4, -0.2) is 53.0 Å². The number of rotatable bonds is 3. The van der Waals surface area contributed by atoms with Crippen LogP contribution in [0.1, 0.15) is 36.1 Å². The summed E-state index contributed by atoms with van der Waals surface area (Å²) in [5.74, 6) is 0.698. The van der Waals surface area contributed by atoms with Crippen molar-refractivity contribution in [2.75, 3.05) is 13.1 Å². The Labute approximate surface area is 172 Å². The molecule has 8 nitrogen and oxygen atoms in total. The normalized spacial score (nSPS) is 17.2. The molecule has 30 heavy (non-hydrogen) atoms. The Morgan fingerprint density at radius 1 is 1.23 bits per heavy atom. The van der Waals surface area contributed by atoms with E-state index in [9.17, 15) is 9.18 Å². The maximum atomic E-state index is 13.5. The van der Waals surface area contributed by atoms with Crippen LogP contribution in [0.4, 0.5) is 4.39 Å². The third-order valence-corrected chi connectivity index (χ3v) is 5.65. The van der Waals surface area contributed by atoms with Gasteiger partial charge in [-0.25, -0.2) is 18.9 Å². The molecular weight excluding hydrogens is 385 g/mol. The number of hydrogen-bond donors (Lipinski definition) is 0.